The topological polar surface area (TPSA) is 126 Å². The van der Waals surface area contributed by atoms with Crippen LogP contribution in [-0.2, 0) is 22.4 Å². The number of phenolic OH excluding ortho intramolecular Hbond substituents is 3. The fourth-order valence-corrected chi connectivity index (χ4v) is 3.37. The Balaban J connectivity index is 1.95. The molecule has 0 saturated heterocycles. The Morgan fingerprint density at radius 2 is 1.55 bits per heavy atom. The molecule has 31 heavy (non-hydrogen) atoms. The Morgan fingerprint density at radius 3 is 2.19 bits per heavy atom. The van der Waals surface area contributed by atoms with E-state index in [1.54, 1.807) is 24.3 Å². The van der Waals surface area contributed by atoms with E-state index in [1.807, 2.05) is 0 Å². The molecule has 170 valence electrons. The van der Waals surface area contributed by atoms with Crippen LogP contribution in [0, 0.1) is 0 Å². The SMILES string of the molecule is COc1cc(CCC(CC(O)CCc2cc(O)c(O)c(OC)c2)OC(C)=O)ccc1O. The number of carbonyl (C=O) groups is 1. The number of methoxy groups -OCH3 is 2. The summed E-state index contributed by atoms with van der Waals surface area (Å²) in [5.41, 5.74) is 1.61. The minimum Gasteiger partial charge on any atom is -0.504 e. The third kappa shape index (κ3) is 7.25. The van der Waals surface area contributed by atoms with E-state index in [9.17, 15) is 25.2 Å². The fourth-order valence-electron chi connectivity index (χ4n) is 3.37. The zero-order valence-electron chi connectivity index (χ0n) is 18.0. The number of hydrogen-bond donors (Lipinski definition) is 4. The van der Waals surface area contributed by atoms with Crippen LogP contribution < -0.4 is 9.47 Å². The van der Waals surface area contributed by atoms with Gasteiger partial charge in [-0.15, -0.1) is 0 Å². The first kappa shape index (κ1) is 24.1. The van der Waals surface area contributed by atoms with E-state index >= 15 is 0 Å². The maximum Gasteiger partial charge on any atom is 0.302 e. The highest BCUT2D eigenvalue weighted by Gasteiger charge is 2.19. The molecule has 0 aliphatic heterocycles. The van der Waals surface area contributed by atoms with Crippen molar-refractivity contribution in [3.8, 4) is 28.7 Å². The van der Waals surface area contributed by atoms with Crippen molar-refractivity contribution in [1.82, 2.24) is 0 Å². The molecule has 2 unspecified atom stereocenters. The normalized spacial score (nSPS) is 12.8. The molecule has 0 aliphatic carbocycles. The number of aromatic hydroxyl groups is 3. The van der Waals surface area contributed by atoms with E-state index in [4.69, 9.17) is 14.2 Å². The van der Waals surface area contributed by atoms with Gasteiger partial charge in [0, 0.05) is 13.3 Å². The van der Waals surface area contributed by atoms with E-state index in [0.717, 1.165) is 5.56 Å². The Morgan fingerprint density at radius 1 is 0.903 bits per heavy atom. The quantitative estimate of drug-likeness (QED) is 0.314. The van der Waals surface area contributed by atoms with E-state index < -0.39 is 18.2 Å². The number of hydrogen-bond acceptors (Lipinski definition) is 8. The molecule has 0 amide bonds. The lowest BCUT2D eigenvalue weighted by molar-refractivity contribution is -0.148. The molecule has 0 saturated carbocycles. The largest absolute Gasteiger partial charge is 0.504 e. The predicted molar refractivity (Wildman–Crippen MR) is 114 cm³/mol. The van der Waals surface area contributed by atoms with Gasteiger partial charge in [-0.05, 0) is 61.1 Å². The van der Waals surface area contributed by atoms with Gasteiger partial charge < -0.3 is 34.6 Å². The first-order valence-electron chi connectivity index (χ1n) is 10.0. The van der Waals surface area contributed by atoms with Crippen molar-refractivity contribution in [3.63, 3.8) is 0 Å². The molecule has 0 fully saturated rings. The molecule has 0 spiro atoms. The second-order valence-electron chi connectivity index (χ2n) is 7.37. The molecule has 2 aromatic rings. The molecule has 0 aliphatic rings. The summed E-state index contributed by atoms with van der Waals surface area (Å²) in [6.45, 7) is 1.33. The van der Waals surface area contributed by atoms with Crippen molar-refractivity contribution in [2.45, 2.75) is 51.2 Å². The molecule has 8 nitrogen and oxygen atoms in total. The number of carbonyl (C=O) groups excluding carboxylic acids is 1. The summed E-state index contributed by atoms with van der Waals surface area (Å²) >= 11 is 0. The molecule has 2 rings (SSSR count). The van der Waals surface area contributed by atoms with Crippen LogP contribution in [0.3, 0.4) is 0 Å². The van der Waals surface area contributed by atoms with Gasteiger partial charge in [-0.1, -0.05) is 6.07 Å². The lowest BCUT2D eigenvalue weighted by atomic mass is 9.98. The summed E-state index contributed by atoms with van der Waals surface area (Å²) in [6, 6.07) is 8.06. The van der Waals surface area contributed by atoms with Crippen LogP contribution in [0.15, 0.2) is 30.3 Å². The second kappa shape index (κ2) is 11.3. The van der Waals surface area contributed by atoms with Crippen molar-refractivity contribution in [2.75, 3.05) is 14.2 Å². The van der Waals surface area contributed by atoms with Crippen LogP contribution in [0.5, 0.6) is 28.7 Å². The molecule has 4 N–H and O–H groups in total. The summed E-state index contributed by atoms with van der Waals surface area (Å²) in [5, 5.41) is 39.7. The van der Waals surface area contributed by atoms with Gasteiger partial charge in [-0.2, -0.15) is 0 Å². The van der Waals surface area contributed by atoms with Gasteiger partial charge in [0.05, 0.1) is 20.3 Å². The summed E-state index contributed by atoms with van der Waals surface area (Å²) in [7, 11) is 2.86. The first-order chi connectivity index (χ1) is 14.7. The lowest BCUT2D eigenvalue weighted by Gasteiger charge is -2.21. The smallest absolute Gasteiger partial charge is 0.302 e. The zero-order chi connectivity index (χ0) is 23.0. The molecule has 0 radical (unpaired) electrons. The van der Waals surface area contributed by atoms with E-state index in [2.05, 4.69) is 0 Å². The molecular formula is C23H30O8. The van der Waals surface area contributed by atoms with Crippen molar-refractivity contribution >= 4 is 5.97 Å². The van der Waals surface area contributed by atoms with Crippen LogP contribution in [0.1, 0.15) is 37.3 Å². The van der Waals surface area contributed by atoms with Crippen LogP contribution >= 0.6 is 0 Å². The van der Waals surface area contributed by atoms with Crippen LogP contribution in [0.2, 0.25) is 0 Å². The van der Waals surface area contributed by atoms with Gasteiger partial charge in [0.2, 0.25) is 5.75 Å². The Kier molecular flexibility index (Phi) is 8.81. The molecule has 0 heterocycles. The average Bonchev–Trinajstić information content (AvgIpc) is 2.73. The van der Waals surface area contributed by atoms with Crippen molar-refractivity contribution in [1.29, 1.82) is 0 Å². The van der Waals surface area contributed by atoms with E-state index in [1.165, 1.54) is 27.2 Å². The summed E-state index contributed by atoms with van der Waals surface area (Å²) in [5.74, 6) is -0.455. The summed E-state index contributed by atoms with van der Waals surface area (Å²) in [6.07, 6.45) is 0.931. The predicted octanol–water partition coefficient (Wildman–Crippen LogP) is 3.07. The number of phenols is 3. The number of rotatable bonds is 11. The van der Waals surface area contributed by atoms with Gasteiger partial charge in [0.15, 0.2) is 23.0 Å². The maximum atomic E-state index is 11.5. The Labute approximate surface area is 181 Å². The van der Waals surface area contributed by atoms with Crippen molar-refractivity contribution in [2.24, 2.45) is 0 Å². The number of aliphatic hydroxyl groups excluding tert-OH is 1. The van der Waals surface area contributed by atoms with E-state index in [0.29, 0.717) is 37.0 Å². The Bertz CT molecular complexity index is 880. The highest BCUT2D eigenvalue weighted by Crippen LogP contribution is 2.36. The van der Waals surface area contributed by atoms with Crippen LogP contribution in [0.4, 0.5) is 0 Å². The minimum atomic E-state index is -0.736. The van der Waals surface area contributed by atoms with Gasteiger partial charge in [0.25, 0.3) is 0 Å². The fraction of sp³-hybridized carbons (Fsp3) is 0.435. The summed E-state index contributed by atoms with van der Waals surface area (Å²) in [4.78, 5) is 11.5. The number of esters is 1. The first-order valence-corrected chi connectivity index (χ1v) is 10.0. The number of aryl methyl sites for hydroxylation is 2. The third-order valence-electron chi connectivity index (χ3n) is 4.97. The van der Waals surface area contributed by atoms with Crippen molar-refractivity contribution in [3.05, 3.63) is 41.5 Å². The lowest BCUT2D eigenvalue weighted by Crippen LogP contribution is -2.24. The standard InChI is InChI=1S/C23H30O8/c1-14(24)31-18(8-5-15-6-9-19(26)21(11-15)29-2)13-17(25)7-4-16-10-20(27)23(28)22(12-16)30-3/h6,9-12,17-18,25-28H,4-5,7-8,13H2,1-3H3. The zero-order valence-corrected chi connectivity index (χ0v) is 18.0. The van der Waals surface area contributed by atoms with Gasteiger partial charge in [-0.25, -0.2) is 0 Å². The number of ether oxygens (including phenoxy) is 3. The van der Waals surface area contributed by atoms with Gasteiger partial charge >= 0.3 is 5.97 Å². The van der Waals surface area contributed by atoms with Crippen LogP contribution in [-0.4, -0.2) is 52.8 Å². The maximum absolute atomic E-state index is 11.5. The number of benzene rings is 2. The Hall–Kier alpha value is -3.13. The van der Waals surface area contributed by atoms with Crippen LogP contribution in [0.25, 0.3) is 0 Å². The number of aliphatic hydroxyl groups is 1. The average molecular weight is 434 g/mol. The van der Waals surface area contributed by atoms with Crippen molar-refractivity contribution < 1.29 is 39.4 Å². The minimum absolute atomic E-state index is 0.0510. The monoisotopic (exact) mass is 434 g/mol. The molecule has 2 atom stereocenters. The second-order valence-corrected chi connectivity index (χ2v) is 7.37. The third-order valence-corrected chi connectivity index (χ3v) is 4.97. The molecule has 8 heteroatoms. The van der Waals surface area contributed by atoms with Gasteiger partial charge in [-0.3, -0.25) is 4.79 Å². The summed E-state index contributed by atoms with van der Waals surface area (Å²) < 4.78 is 15.5. The highest BCUT2D eigenvalue weighted by molar-refractivity contribution is 5.66. The highest BCUT2D eigenvalue weighted by atomic mass is 16.5. The molecule has 0 bridgehead atoms. The molecule has 0 aromatic heterocycles. The van der Waals surface area contributed by atoms with E-state index in [-0.39, 0.29) is 29.4 Å². The molecule has 2 aromatic carbocycles. The molecular weight excluding hydrogens is 404 g/mol. The van der Waals surface area contributed by atoms with Gasteiger partial charge in [0.1, 0.15) is 6.10 Å².